The second kappa shape index (κ2) is 7.11. The van der Waals surface area contributed by atoms with E-state index in [-0.39, 0.29) is 0 Å². The van der Waals surface area contributed by atoms with Crippen LogP contribution in [0.2, 0.25) is 0 Å². The third-order valence-electron chi connectivity index (χ3n) is 3.50. The maximum atomic E-state index is 6.01. The van der Waals surface area contributed by atoms with E-state index in [0.29, 0.717) is 5.82 Å². The van der Waals surface area contributed by atoms with E-state index < -0.39 is 0 Å². The minimum Gasteiger partial charge on any atom is -0.382 e. The van der Waals surface area contributed by atoms with Crippen LogP contribution in [0.4, 0.5) is 10.8 Å². The van der Waals surface area contributed by atoms with Crippen LogP contribution in [0.15, 0.2) is 24.5 Å². The molecule has 0 spiro atoms. The number of pyridine rings is 1. The second-order valence-electron chi connectivity index (χ2n) is 4.89. The van der Waals surface area contributed by atoms with Crippen molar-refractivity contribution in [1.82, 2.24) is 14.3 Å². The number of anilines is 2. The summed E-state index contributed by atoms with van der Waals surface area (Å²) in [6, 6.07) is 3.93. The first-order valence-electron chi connectivity index (χ1n) is 7.04. The lowest BCUT2D eigenvalue weighted by molar-refractivity contribution is 0.314. The molecule has 1 aliphatic rings. The summed E-state index contributed by atoms with van der Waals surface area (Å²) >= 11 is 3.47. The van der Waals surface area contributed by atoms with Crippen LogP contribution in [0.1, 0.15) is 0 Å². The van der Waals surface area contributed by atoms with Crippen LogP contribution in [-0.4, -0.2) is 51.9 Å². The fraction of sp³-hybridized carbons (Fsp3) is 0.429. The van der Waals surface area contributed by atoms with Crippen LogP contribution in [0, 0.1) is 0 Å². The molecule has 0 amide bonds. The summed E-state index contributed by atoms with van der Waals surface area (Å²) in [5.74, 6) is 3.08. The monoisotopic (exact) mass is 321 g/mol. The molecule has 1 aliphatic heterocycles. The first kappa shape index (κ1) is 14.6. The van der Waals surface area contributed by atoms with Crippen molar-refractivity contribution in [2.45, 2.75) is 0 Å². The molecular weight excluding hydrogens is 302 g/mol. The van der Waals surface area contributed by atoms with Crippen molar-refractivity contribution in [3.8, 4) is 11.1 Å². The molecule has 3 rings (SSSR count). The highest BCUT2D eigenvalue weighted by molar-refractivity contribution is 7.99. The summed E-state index contributed by atoms with van der Waals surface area (Å²) in [4.78, 5) is 6.55. The van der Waals surface area contributed by atoms with Crippen molar-refractivity contribution in [1.29, 1.82) is 0 Å². The highest BCUT2D eigenvalue weighted by atomic mass is 32.2. The summed E-state index contributed by atoms with van der Waals surface area (Å²) in [6.07, 6.45) is 3.56. The van der Waals surface area contributed by atoms with E-state index in [1.807, 2.05) is 23.9 Å². The molecule has 0 atom stereocenters. The zero-order chi connectivity index (χ0) is 14.5. The van der Waals surface area contributed by atoms with E-state index in [9.17, 15) is 0 Å². The van der Waals surface area contributed by atoms with Gasteiger partial charge < -0.3 is 11.1 Å². The molecule has 0 radical (unpaired) electrons. The summed E-state index contributed by atoms with van der Waals surface area (Å²) < 4.78 is 4.28. The van der Waals surface area contributed by atoms with Crippen molar-refractivity contribution in [3.63, 3.8) is 0 Å². The van der Waals surface area contributed by atoms with Gasteiger partial charge in [-0.2, -0.15) is 16.1 Å². The SMILES string of the molecule is Nc1nsc(NCCN2CCSCC2)c1-c1ccncc1. The van der Waals surface area contributed by atoms with Gasteiger partial charge in [0.2, 0.25) is 0 Å². The van der Waals surface area contributed by atoms with E-state index >= 15 is 0 Å². The predicted molar refractivity (Wildman–Crippen MR) is 92.0 cm³/mol. The molecule has 1 saturated heterocycles. The van der Waals surface area contributed by atoms with Gasteiger partial charge in [0.25, 0.3) is 0 Å². The van der Waals surface area contributed by atoms with Gasteiger partial charge in [0.05, 0.1) is 5.56 Å². The average molecular weight is 321 g/mol. The van der Waals surface area contributed by atoms with Gasteiger partial charge in [-0.1, -0.05) is 0 Å². The van der Waals surface area contributed by atoms with Gasteiger partial charge in [0, 0.05) is 50.1 Å². The maximum Gasteiger partial charge on any atom is 0.147 e. The van der Waals surface area contributed by atoms with Crippen molar-refractivity contribution >= 4 is 34.1 Å². The molecule has 3 heterocycles. The Morgan fingerprint density at radius 3 is 2.76 bits per heavy atom. The standard InChI is InChI=1S/C14H19N5S2/c15-13-12(11-1-3-16-4-2-11)14(21-18-13)17-5-6-19-7-9-20-10-8-19/h1-4,17H,5-10H2,(H2,15,18). The number of nitrogen functional groups attached to an aromatic ring is 1. The molecular formula is C14H19N5S2. The van der Waals surface area contributed by atoms with E-state index in [4.69, 9.17) is 5.73 Å². The number of nitrogens with zero attached hydrogens (tertiary/aromatic N) is 3. The van der Waals surface area contributed by atoms with Crippen LogP contribution >= 0.6 is 23.3 Å². The minimum absolute atomic E-state index is 0.586. The lowest BCUT2D eigenvalue weighted by Crippen LogP contribution is -2.36. The largest absolute Gasteiger partial charge is 0.382 e. The van der Waals surface area contributed by atoms with E-state index in [1.54, 1.807) is 12.4 Å². The normalized spacial score (nSPS) is 16.0. The summed E-state index contributed by atoms with van der Waals surface area (Å²) in [7, 11) is 0. The van der Waals surface area contributed by atoms with Gasteiger partial charge in [0.15, 0.2) is 0 Å². The Morgan fingerprint density at radius 1 is 1.24 bits per heavy atom. The average Bonchev–Trinajstić information content (AvgIpc) is 2.90. The van der Waals surface area contributed by atoms with Crippen molar-refractivity contribution in [2.24, 2.45) is 0 Å². The van der Waals surface area contributed by atoms with E-state index in [2.05, 4.69) is 19.6 Å². The minimum atomic E-state index is 0.586. The molecule has 0 unspecified atom stereocenters. The molecule has 1 fully saturated rings. The zero-order valence-electron chi connectivity index (χ0n) is 11.8. The van der Waals surface area contributed by atoms with Crippen molar-refractivity contribution in [3.05, 3.63) is 24.5 Å². The number of thioether (sulfide) groups is 1. The van der Waals surface area contributed by atoms with Crippen LogP contribution in [-0.2, 0) is 0 Å². The number of rotatable bonds is 5. The third-order valence-corrected chi connectivity index (χ3v) is 5.27. The number of aromatic nitrogens is 2. The summed E-state index contributed by atoms with van der Waals surface area (Å²) in [5, 5.41) is 4.53. The molecule has 0 aromatic carbocycles. The van der Waals surface area contributed by atoms with Gasteiger partial charge in [-0.15, -0.1) is 0 Å². The van der Waals surface area contributed by atoms with E-state index in [0.717, 1.165) is 29.2 Å². The molecule has 0 bridgehead atoms. The molecule has 21 heavy (non-hydrogen) atoms. The Balaban J connectivity index is 1.63. The topological polar surface area (TPSA) is 67.1 Å². The lowest BCUT2D eigenvalue weighted by Gasteiger charge is -2.26. The molecule has 2 aromatic rings. The Labute approximate surface area is 133 Å². The fourth-order valence-electron chi connectivity index (χ4n) is 2.37. The predicted octanol–water partition coefficient (Wildman–Crippen LogP) is 2.25. The van der Waals surface area contributed by atoms with E-state index in [1.165, 1.54) is 36.1 Å². The maximum absolute atomic E-state index is 6.01. The number of hydrogen-bond donors (Lipinski definition) is 2. The molecule has 2 aromatic heterocycles. The van der Waals surface area contributed by atoms with Crippen molar-refractivity contribution < 1.29 is 0 Å². The first-order chi connectivity index (χ1) is 10.3. The van der Waals surface area contributed by atoms with Gasteiger partial charge in [-0.3, -0.25) is 9.88 Å². The summed E-state index contributed by atoms with van der Waals surface area (Å²) in [6.45, 7) is 4.36. The van der Waals surface area contributed by atoms with Crippen LogP contribution in [0.5, 0.6) is 0 Å². The quantitative estimate of drug-likeness (QED) is 0.880. The Hall–Kier alpha value is -1.31. The van der Waals surface area contributed by atoms with Crippen LogP contribution < -0.4 is 11.1 Å². The lowest BCUT2D eigenvalue weighted by atomic mass is 10.1. The molecule has 7 heteroatoms. The zero-order valence-corrected chi connectivity index (χ0v) is 13.4. The number of nitrogens with two attached hydrogens (primary N) is 1. The third kappa shape index (κ3) is 3.66. The van der Waals surface area contributed by atoms with Gasteiger partial charge >= 0.3 is 0 Å². The van der Waals surface area contributed by atoms with Crippen LogP contribution in [0.3, 0.4) is 0 Å². The Kier molecular flexibility index (Phi) is 4.95. The van der Waals surface area contributed by atoms with Gasteiger partial charge in [0.1, 0.15) is 10.8 Å². The highest BCUT2D eigenvalue weighted by Gasteiger charge is 2.14. The van der Waals surface area contributed by atoms with Gasteiger partial charge in [-0.05, 0) is 29.2 Å². The van der Waals surface area contributed by atoms with Gasteiger partial charge in [-0.25, -0.2) is 0 Å². The molecule has 112 valence electrons. The molecule has 5 nitrogen and oxygen atoms in total. The summed E-state index contributed by atoms with van der Waals surface area (Å²) in [5.41, 5.74) is 8.07. The van der Waals surface area contributed by atoms with Crippen LogP contribution in [0.25, 0.3) is 11.1 Å². The molecule has 0 saturated carbocycles. The highest BCUT2D eigenvalue weighted by Crippen LogP contribution is 2.36. The first-order valence-corrected chi connectivity index (χ1v) is 8.97. The number of hydrogen-bond acceptors (Lipinski definition) is 7. The Morgan fingerprint density at radius 2 is 2.00 bits per heavy atom. The fourth-order valence-corrected chi connectivity index (χ4v) is 4.11. The van der Waals surface area contributed by atoms with Crippen molar-refractivity contribution in [2.75, 3.05) is 48.7 Å². The number of nitrogens with one attached hydrogen (secondary N) is 1. The molecule has 3 N–H and O–H groups in total. The molecule has 0 aliphatic carbocycles. The smallest absolute Gasteiger partial charge is 0.147 e. The second-order valence-corrected chi connectivity index (χ2v) is 6.89. The Bertz CT molecular complexity index is 566.